The van der Waals surface area contributed by atoms with E-state index in [0.29, 0.717) is 5.95 Å². The fourth-order valence-electron chi connectivity index (χ4n) is 9.66. The van der Waals surface area contributed by atoms with Gasteiger partial charge in [-0.15, -0.1) is 0 Å². The molecular weight excluding hydrogens is 631 g/mol. The predicted octanol–water partition coefficient (Wildman–Crippen LogP) is 12.2. The predicted molar refractivity (Wildman–Crippen MR) is 212 cm³/mol. The van der Waals surface area contributed by atoms with E-state index in [2.05, 4.69) is 181 Å². The maximum atomic E-state index is 5.38. The first-order valence-electron chi connectivity index (χ1n) is 17.9. The van der Waals surface area contributed by atoms with Crippen LogP contribution < -0.4 is 4.90 Å². The minimum Gasteiger partial charge on any atom is -0.278 e. The third kappa shape index (κ3) is 3.40. The molecule has 8 aromatic carbocycles. The fourth-order valence-corrected chi connectivity index (χ4v) is 9.66. The van der Waals surface area contributed by atoms with E-state index >= 15 is 0 Å². The second-order valence-electron chi connectivity index (χ2n) is 14.0. The van der Waals surface area contributed by atoms with Crippen molar-refractivity contribution >= 4 is 39.0 Å². The van der Waals surface area contributed by atoms with Gasteiger partial charge in [0.15, 0.2) is 0 Å². The molecule has 9 aromatic rings. The van der Waals surface area contributed by atoms with Crippen molar-refractivity contribution in [3.05, 3.63) is 198 Å². The van der Waals surface area contributed by atoms with Gasteiger partial charge in [-0.3, -0.25) is 4.90 Å². The van der Waals surface area contributed by atoms with Gasteiger partial charge in [-0.25, -0.2) is 9.97 Å². The van der Waals surface area contributed by atoms with Crippen LogP contribution in [0.15, 0.2) is 176 Å². The molecule has 0 atom stereocenters. The van der Waals surface area contributed by atoms with Crippen LogP contribution in [-0.2, 0) is 5.41 Å². The lowest BCUT2D eigenvalue weighted by atomic mass is 9.69. The monoisotopic (exact) mass is 659 g/mol. The highest BCUT2D eigenvalue weighted by molar-refractivity contribution is 6.20. The van der Waals surface area contributed by atoms with Gasteiger partial charge in [-0.2, -0.15) is 0 Å². The van der Waals surface area contributed by atoms with Crippen molar-refractivity contribution in [1.82, 2.24) is 9.97 Å². The Morgan fingerprint density at radius 2 is 0.981 bits per heavy atom. The molecule has 2 aliphatic carbocycles. The van der Waals surface area contributed by atoms with Gasteiger partial charge in [0.25, 0.3) is 0 Å². The average Bonchev–Trinajstić information content (AvgIpc) is 3.68. The molecule has 0 fully saturated rings. The summed E-state index contributed by atoms with van der Waals surface area (Å²) in [4.78, 5) is 12.9. The Balaban J connectivity index is 1.20. The molecule has 0 amide bonds. The lowest BCUT2D eigenvalue weighted by molar-refractivity contribution is 0.794. The minimum absolute atomic E-state index is 0.419. The second kappa shape index (κ2) is 10.1. The zero-order chi connectivity index (χ0) is 34.0. The maximum Gasteiger partial charge on any atom is 0.235 e. The van der Waals surface area contributed by atoms with Gasteiger partial charge in [0.1, 0.15) is 0 Å². The summed E-state index contributed by atoms with van der Waals surface area (Å²) >= 11 is 0. The van der Waals surface area contributed by atoms with Gasteiger partial charge in [0, 0.05) is 21.9 Å². The quantitative estimate of drug-likeness (QED) is 0.185. The number of rotatable bonds is 2. The number of anilines is 3. The topological polar surface area (TPSA) is 29.0 Å². The summed E-state index contributed by atoms with van der Waals surface area (Å²) < 4.78 is 0. The van der Waals surface area contributed by atoms with Crippen molar-refractivity contribution in [2.24, 2.45) is 0 Å². The average molecular weight is 660 g/mol. The fraction of sp³-hybridized carbons (Fsp3) is 0.0204. The van der Waals surface area contributed by atoms with Gasteiger partial charge in [0.2, 0.25) is 5.95 Å². The lowest BCUT2D eigenvalue weighted by Crippen LogP contribution is -2.26. The summed E-state index contributed by atoms with van der Waals surface area (Å²) in [6.07, 6.45) is 0. The van der Waals surface area contributed by atoms with Gasteiger partial charge in [0.05, 0.1) is 28.0 Å². The third-order valence-corrected chi connectivity index (χ3v) is 11.6. The normalized spacial score (nSPS) is 13.9. The van der Waals surface area contributed by atoms with Crippen molar-refractivity contribution in [2.75, 3.05) is 4.90 Å². The molecular formula is C49H29N3. The number of hydrogen-bond donors (Lipinski definition) is 0. The molecule has 0 bridgehead atoms. The van der Waals surface area contributed by atoms with Crippen molar-refractivity contribution in [1.29, 1.82) is 0 Å². The van der Waals surface area contributed by atoms with Crippen LogP contribution in [-0.4, -0.2) is 9.97 Å². The van der Waals surface area contributed by atoms with Crippen LogP contribution >= 0.6 is 0 Å². The third-order valence-electron chi connectivity index (χ3n) is 11.6. The summed E-state index contributed by atoms with van der Waals surface area (Å²) in [5.74, 6) is 0.666. The molecule has 0 saturated carbocycles. The van der Waals surface area contributed by atoms with Crippen molar-refractivity contribution < 1.29 is 0 Å². The SMILES string of the molecule is c1ccc(-c2nc(N3c4ccccc4-c4cc5c(c6cccc3c46)-c3ccccc3C53c4ccccc4-c4ccccc43)nc3ccccc23)cc1. The Bertz CT molecular complexity index is 2930. The number of fused-ring (bicyclic) bond motifs is 14. The molecule has 1 spiro atoms. The first kappa shape index (κ1) is 27.9. The van der Waals surface area contributed by atoms with Crippen LogP contribution in [0.3, 0.4) is 0 Å². The lowest BCUT2D eigenvalue weighted by Gasteiger charge is -2.34. The summed E-state index contributed by atoms with van der Waals surface area (Å²) in [5, 5.41) is 3.52. The summed E-state index contributed by atoms with van der Waals surface area (Å²) in [7, 11) is 0. The zero-order valence-electron chi connectivity index (χ0n) is 28.1. The number of benzene rings is 8. The van der Waals surface area contributed by atoms with Gasteiger partial charge < -0.3 is 0 Å². The van der Waals surface area contributed by atoms with E-state index in [1.165, 1.54) is 66.4 Å². The Morgan fingerprint density at radius 1 is 0.404 bits per heavy atom. The van der Waals surface area contributed by atoms with E-state index in [9.17, 15) is 0 Å². The number of hydrogen-bond acceptors (Lipinski definition) is 3. The van der Waals surface area contributed by atoms with E-state index in [-0.39, 0.29) is 0 Å². The maximum absolute atomic E-state index is 5.38. The molecule has 3 heteroatoms. The number of aromatic nitrogens is 2. The van der Waals surface area contributed by atoms with Gasteiger partial charge >= 0.3 is 0 Å². The molecule has 52 heavy (non-hydrogen) atoms. The van der Waals surface area contributed by atoms with Crippen LogP contribution in [0.1, 0.15) is 22.3 Å². The summed E-state index contributed by atoms with van der Waals surface area (Å²) in [6, 6.07) is 64.0. The van der Waals surface area contributed by atoms with Gasteiger partial charge in [-0.1, -0.05) is 152 Å². The molecule has 1 aromatic heterocycles. The van der Waals surface area contributed by atoms with Crippen LogP contribution in [0.25, 0.3) is 66.3 Å². The molecule has 2 heterocycles. The van der Waals surface area contributed by atoms with Gasteiger partial charge in [-0.05, 0) is 79.7 Å². The molecule has 0 unspecified atom stereocenters. The van der Waals surface area contributed by atoms with Crippen molar-refractivity contribution in [2.45, 2.75) is 5.41 Å². The first-order valence-corrected chi connectivity index (χ1v) is 17.9. The van der Waals surface area contributed by atoms with Crippen molar-refractivity contribution in [3.8, 4) is 44.6 Å². The molecule has 240 valence electrons. The van der Waals surface area contributed by atoms with E-state index in [1.54, 1.807) is 0 Å². The Hall–Kier alpha value is -6.84. The Labute approximate surface area is 301 Å². The molecule has 1 aliphatic heterocycles. The molecule has 3 aliphatic rings. The van der Waals surface area contributed by atoms with Crippen LogP contribution in [0, 0.1) is 0 Å². The smallest absolute Gasteiger partial charge is 0.235 e. The number of para-hydroxylation sites is 2. The van der Waals surface area contributed by atoms with Crippen LogP contribution in [0.2, 0.25) is 0 Å². The molecule has 0 radical (unpaired) electrons. The van der Waals surface area contributed by atoms with Crippen molar-refractivity contribution in [3.63, 3.8) is 0 Å². The zero-order valence-corrected chi connectivity index (χ0v) is 28.1. The second-order valence-corrected chi connectivity index (χ2v) is 14.0. The molecule has 0 saturated heterocycles. The molecule has 12 rings (SSSR count). The minimum atomic E-state index is -0.419. The largest absolute Gasteiger partial charge is 0.278 e. The van der Waals surface area contributed by atoms with E-state index < -0.39 is 5.41 Å². The van der Waals surface area contributed by atoms with E-state index in [0.717, 1.165) is 33.5 Å². The highest BCUT2D eigenvalue weighted by Crippen LogP contribution is 2.65. The van der Waals surface area contributed by atoms with E-state index in [1.807, 2.05) is 0 Å². The molecule has 3 nitrogen and oxygen atoms in total. The Kier molecular flexibility index (Phi) is 5.43. The summed E-state index contributed by atoms with van der Waals surface area (Å²) in [5.41, 5.74) is 17.7. The highest BCUT2D eigenvalue weighted by Gasteiger charge is 2.52. The molecule has 0 N–H and O–H groups in total. The highest BCUT2D eigenvalue weighted by atomic mass is 15.3. The van der Waals surface area contributed by atoms with E-state index in [4.69, 9.17) is 9.97 Å². The van der Waals surface area contributed by atoms with Crippen LogP contribution in [0.5, 0.6) is 0 Å². The summed E-state index contributed by atoms with van der Waals surface area (Å²) in [6.45, 7) is 0. The Morgan fingerprint density at radius 3 is 1.75 bits per heavy atom. The number of nitrogens with zero attached hydrogens (tertiary/aromatic N) is 3. The standard InChI is InChI=1S/C49H29N3/c1-2-15-30(16-3-1)47-35-21-7-12-26-42(35)50-48(51-47)52-43-27-13-8-19-33(43)37-29-41-45(36-22-14-28-44(52)46(36)37)34-20-6-11-25-40(34)49(41)38-23-9-4-17-31(38)32-18-5-10-24-39(32)49/h1-29H. The first-order chi connectivity index (χ1) is 25.8. The van der Waals surface area contributed by atoms with Crippen LogP contribution in [0.4, 0.5) is 17.3 Å².